The van der Waals surface area contributed by atoms with Gasteiger partial charge in [0.05, 0.1) is 0 Å². The molecule has 1 atom stereocenters. The Balaban J connectivity index is 2.10. The van der Waals surface area contributed by atoms with Gasteiger partial charge in [-0.2, -0.15) is 0 Å². The van der Waals surface area contributed by atoms with Crippen molar-refractivity contribution in [2.24, 2.45) is 0 Å². The van der Waals surface area contributed by atoms with E-state index in [9.17, 15) is 0 Å². The van der Waals surface area contributed by atoms with Crippen LogP contribution in [0, 0.1) is 0 Å². The Bertz CT molecular complexity index is 157. The highest BCUT2D eigenvalue weighted by Gasteiger charge is 2.23. The first-order valence-electron chi connectivity index (χ1n) is 5.71. The first kappa shape index (κ1) is 12.0. The summed E-state index contributed by atoms with van der Waals surface area (Å²) in [7, 11) is 4.24. The van der Waals surface area contributed by atoms with E-state index in [1.807, 2.05) is 0 Å². The van der Waals surface area contributed by atoms with E-state index in [-0.39, 0.29) is 0 Å². The van der Waals surface area contributed by atoms with Crippen LogP contribution < -0.4 is 5.32 Å². The molecule has 0 aromatic heterocycles. The molecule has 84 valence electrons. The first-order valence-corrected chi connectivity index (χ1v) is 5.71. The predicted octanol–water partition coefficient (Wildman–Crippen LogP) is 0.620. The summed E-state index contributed by atoms with van der Waals surface area (Å²) >= 11 is 0. The van der Waals surface area contributed by atoms with Gasteiger partial charge < -0.3 is 10.2 Å². The maximum atomic E-state index is 3.61. The van der Waals surface area contributed by atoms with E-state index in [0.717, 1.165) is 19.1 Å². The lowest BCUT2D eigenvalue weighted by atomic mass is 10.2. The highest BCUT2D eigenvalue weighted by Crippen LogP contribution is 2.11. The van der Waals surface area contributed by atoms with Crippen molar-refractivity contribution >= 4 is 0 Å². The highest BCUT2D eigenvalue weighted by atomic mass is 15.2. The molecule has 0 aliphatic carbocycles. The third-order valence-corrected chi connectivity index (χ3v) is 2.94. The number of nitrogens with one attached hydrogen (secondary N) is 1. The maximum absolute atomic E-state index is 3.61. The van der Waals surface area contributed by atoms with Crippen molar-refractivity contribution in [3.8, 4) is 0 Å². The summed E-state index contributed by atoms with van der Waals surface area (Å²) in [5.41, 5.74) is 0. The number of rotatable bonds is 5. The van der Waals surface area contributed by atoms with E-state index in [1.54, 1.807) is 0 Å². The fourth-order valence-corrected chi connectivity index (χ4v) is 1.92. The Morgan fingerprint density at radius 3 is 2.64 bits per heavy atom. The van der Waals surface area contributed by atoms with E-state index in [4.69, 9.17) is 0 Å². The molecule has 1 N–H and O–H groups in total. The smallest absolute Gasteiger partial charge is 0.0207 e. The van der Waals surface area contributed by atoms with E-state index in [2.05, 4.69) is 43.1 Å². The zero-order chi connectivity index (χ0) is 10.6. The Morgan fingerprint density at radius 2 is 2.14 bits per heavy atom. The third kappa shape index (κ3) is 3.95. The van der Waals surface area contributed by atoms with Crippen LogP contribution in [0.5, 0.6) is 0 Å². The third-order valence-electron chi connectivity index (χ3n) is 2.94. The number of likely N-dealkylation sites (N-methyl/N-ethyl adjacent to an activating group) is 1. The van der Waals surface area contributed by atoms with Crippen molar-refractivity contribution in [1.82, 2.24) is 15.1 Å². The van der Waals surface area contributed by atoms with Gasteiger partial charge in [-0.15, -0.1) is 0 Å². The number of likely N-dealkylation sites (tertiary alicyclic amines) is 1. The van der Waals surface area contributed by atoms with Crippen LogP contribution in [0.15, 0.2) is 0 Å². The SMILES string of the molecule is CC(C)N1CCC(NCCN(C)C)C1. The van der Waals surface area contributed by atoms with Crippen LogP contribution in [0.1, 0.15) is 20.3 Å². The van der Waals surface area contributed by atoms with Gasteiger partial charge in [-0.1, -0.05) is 0 Å². The molecule has 3 heteroatoms. The molecule has 1 unspecified atom stereocenters. The second-order valence-electron chi connectivity index (χ2n) is 4.83. The fourth-order valence-electron chi connectivity index (χ4n) is 1.92. The largest absolute Gasteiger partial charge is 0.311 e. The quantitative estimate of drug-likeness (QED) is 0.700. The second kappa shape index (κ2) is 5.69. The zero-order valence-corrected chi connectivity index (χ0v) is 10.1. The molecule has 1 rings (SSSR count). The van der Waals surface area contributed by atoms with Crippen molar-refractivity contribution in [2.45, 2.75) is 32.4 Å². The van der Waals surface area contributed by atoms with E-state index >= 15 is 0 Å². The summed E-state index contributed by atoms with van der Waals surface area (Å²) in [5, 5.41) is 3.61. The average Bonchev–Trinajstić information content (AvgIpc) is 2.52. The lowest BCUT2D eigenvalue weighted by Crippen LogP contribution is -2.38. The Labute approximate surface area is 88.5 Å². The van der Waals surface area contributed by atoms with Gasteiger partial charge in [0, 0.05) is 31.7 Å². The minimum Gasteiger partial charge on any atom is -0.311 e. The summed E-state index contributed by atoms with van der Waals surface area (Å²) < 4.78 is 0. The van der Waals surface area contributed by atoms with Crippen molar-refractivity contribution in [3.05, 3.63) is 0 Å². The van der Waals surface area contributed by atoms with E-state index in [0.29, 0.717) is 6.04 Å². The standard InChI is InChI=1S/C11H25N3/c1-10(2)14-7-5-11(9-14)12-6-8-13(3)4/h10-12H,5-9H2,1-4H3. The molecule has 1 aliphatic rings. The molecule has 1 fully saturated rings. The van der Waals surface area contributed by atoms with Crippen LogP contribution in [-0.2, 0) is 0 Å². The van der Waals surface area contributed by atoms with Crippen LogP contribution in [-0.4, -0.2) is 62.2 Å². The van der Waals surface area contributed by atoms with Crippen LogP contribution in [0.3, 0.4) is 0 Å². The van der Waals surface area contributed by atoms with Gasteiger partial charge in [0.25, 0.3) is 0 Å². The first-order chi connectivity index (χ1) is 6.59. The molecule has 0 spiro atoms. The zero-order valence-electron chi connectivity index (χ0n) is 10.1. The van der Waals surface area contributed by atoms with E-state index in [1.165, 1.54) is 19.5 Å². The van der Waals surface area contributed by atoms with Crippen LogP contribution in [0.2, 0.25) is 0 Å². The molecule has 1 aliphatic heterocycles. The monoisotopic (exact) mass is 199 g/mol. The van der Waals surface area contributed by atoms with Crippen molar-refractivity contribution in [3.63, 3.8) is 0 Å². The van der Waals surface area contributed by atoms with E-state index < -0.39 is 0 Å². The molecule has 0 amide bonds. The van der Waals surface area contributed by atoms with Crippen molar-refractivity contribution in [2.75, 3.05) is 40.3 Å². The number of nitrogens with zero attached hydrogens (tertiary/aromatic N) is 2. The minimum atomic E-state index is 0.704. The normalized spacial score (nSPS) is 24.0. The molecule has 1 saturated heterocycles. The van der Waals surface area contributed by atoms with Gasteiger partial charge in [0.1, 0.15) is 0 Å². The second-order valence-corrected chi connectivity index (χ2v) is 4.83. The Hall–Kier alpha value is -0.120. The van der Waals surface area contributed by atoms with Gasteiger partial charge in [-0.25, -0.2) is 0 Å². The number of hydrogen-bond donors (Lipinski definition) is 1. The molecular formula is C11H25N3. The Morgan fingerprint density at radius 1 is 1.43 bits per heavy atom. The molecular weight excluding hydrogens is 174 g/mol. The van der Waals surface area contributed by atoms with Gasteiger partial charge in [0.2, 0.25) is 0 Å². The van der Waals surface area contributed by atoms with Crippen LogP contribution in [0.25, 0.3) is 0 Å². The summed E-state index contributed by atoms with van der Waals surface area (Å²) in [6.07, 6.45) is 1.31. The van der Waals surface area contributed by atoms with Crippen molar-refractivity contribution < 1.29 is 0 Å². The van der Waals surface area contributed by atoms with Gasteiger partial charge in [-0.3, -0.25) is 4.90 Å². The lowest BCUT2D eigenvalue weighted by Gasteiger charge is -2.20. The highest BCUT2D eigenvalue weighted by molar-refractivity contribution is 4.82. The Kier molecular flexibility index (Phi) is 4.85. The average molecular weight is 199 g/mol. The molecule has 1 heterocycles. The lowest BCUT2D eigenvalue weighted by molar-refractivity contribution is 0.267. The van der Waals surface area contributed by atoms with Gasteiger partial charge >= 0.3 is 0 Å². The summed E-state index contributed by atoms with van der Waals surface area (Å²) in [6.45, 7) is 9.30. The predicted molar refractivity (Wildman–Crippen MR) is 61.7 cm³/mol. The minimum absolute atomic E-state index is 0.704. The molecule has 0 saturated carbocycles. The molecule has 0 aromatic rings. The topological polar surface area (TPSA) is 18.5 Å². The summed E-state index contributed by atoms with van der Waals surface area (Å²) in [5.74, 6) is 0. The molecule has 0 bridgehead atoms. The maximum Gasteiger partial charge on any atom is 0.0207 e. The molecule has 0 radical (unpaired) electrons. The van der Waals surface area contributed by atoms with Gasteiger partial charge in [0.15, 0.2) is 0 Å². The summed E-state index contributed by atoms with van der Waals surface area (Å²) in [6, 6.07) is 1.42. The van der Waals surface area contributed by atoms with Crippen molar-refractivity contribution in [1.29, 1.82) is 0 Å². The summed E-state index contributed by atoms with van der Waals surface area (Å²) in [4.78, 5) is 4.77. The fraction of sp³-hybridized carbons (Fsp3) is 1.00. The molecule has 0 aromatic carbocycles. The molecule has 14 heavy (non-hydrogen) atoms. The van der Waals surface area contributed by atoms with Gasteiger partial charge in [-0.05, 0) is 40.9 Å². The van der Waals surface area contributed by atoms with Crippen LogP contribution in [0.4, 0.5) is 0 Å². The molecule has 3 nitrogen and oxygen atoms in total. The van der Waals surface area contributed by atoms with Crippen LogP contribution >= 0.6 is 0 Å². The number of hydrogen-bond acceptors (Lipinski definition) is 3.